The molecule has 0 amide bonds. The first kappa shape index (κ1) is 45.6. The van der Waals surface area contributed by atoms with E-state index in [1.54, 1.807) is 0 Å². The van der Waals surface area contributed by atoms with Gasteiger partial charge in [-0.25, -0.2) is 0 Å². The Hall–Kier alpha value is -6.82. The Morgan fingerprint density at radius 1 is 0.533 bits per heavy atom. The zero-order valence-corrected chi connectivity index (χ0v) is 46.3. The van der Waals surface area contributed by atoms with Crippen LogP contribution in [0.25, 0.3) is 92.2 Å². The van der Waals surface area contributed by atoms with E-state index in [9.17, 15) is 0 Å². The average molecular weight is 993 g/mol. The van der Waals surface area contributed by atoms with Crippen molar-refractivity contribution in [3.8, 4) is 38.4 Å². The summed E-state index contributed by atoms with van der Waals surface area (Å²) >= 11 is 1.94. The smallest absolute Gasteiger partial charge is 0.333 e. The Bertz CT molecular complexity index is 4270. The van der Waals surface area contributed by atoms with Crippen LogP contribution in [0.5, 0.6) is 0 Å². The maximum atomic E-state index is 7.51. The molecule has 3 aromatic heterocycles. The molecule has 0 atom stereocenters. The standard InChI is InChI=1S/C70H65BN2OS/c1-66(2,3)42-26-28-43(29-27-42)73-54-38-51-49(68(6,7)31-33-70(51,10)11)35-46(54)61-62-63-59(60-44-24-18-19-25-56(44)74-64(60)61)45-34-48-50(69(8,9)32-30-67(48,4)5)37-53(45)72(63)55-36-47-57(39-52(55)71(62)73)75-65(41-22-16-13-17-23-41)58(47)40-20-14-12-15-21-40/h12-29,34-39H,30-33H2,1-11H3. The van der Waals surface area contributed by atoms with Crippen LogP contribution < -0.4 is 15.7 Å². The van der Waals surface area contributed by atoms with Gasteiger partial charge in [-0.2, -0.15) is 0 Å². The second kappa shape index (κ2) is 15.0. The van der Waals surface area contributed by atoms with Gasteiger partial charge in [-0.3, -0.25) is 0 Å². The maximum absolute atomic E-state index is 7.51. The first-order valence-corrected chi connectivity index (χ1v) is 28.4. The minimum atomic E-state index is -0.174. The number of furan rings is 1. The van der Waals surface area contributed by atoms with Gasteiger partial charge in [0.2, 0.25) is 0 Å². The van der Waals surface area contributed by atoms with Crippen LogP contribution in [-0.4, -0.2) is 11.4 Å². The van der Waals surface area contributed by atoms with E-state index in [1.807, 2.05) is 11.3 Å². The van der Waals surface area contributed by atoms with Crippen LogP contribution >= 0.6 is 11.3 Å². The fraction of sp³-hybridized carbons (Fsp3) is 0.286. The third kappa shape index (κ3) is 6.22. The van der Waals surface area contributed by atoms with E-state index in [2.05, 4.69) is 231 Å². The number of fused-ring (bicyclic) bond motifs is 16. The molecule has 370 valence electrons. The number of anilines is 2. The number of rotatable bonds is 3. The fourth-order valence-electron chi connectivity index (χ4n) is 14.6. The van der Waals surface area contributed by atoms with Gasteiger partial charge in [0, 0.05) is 70.3 Å². The van der Waals surface area contributed by atoms with Crippen LogP contribution in [0, 0.1) is 0 Å². The van der Waals surface area contributed by atoms with Gasteiger partial charge in [0.25, 0.3) is 0 Å². The van der Waals surface area contributed by atoms with Crippen LogP contribution in [0.1, 0.15) is 130 Å². The molecule has 8 aromatic carbocycles. The van der Waals surface area contributed by atoms with Gasteiger partial charge in [0.05, 0.1) is 11.0 Å². The molecule has 0 unspecified atom stereocenters. The first-order valence-electron chi connectivity index (χ1n) is 27.6. The molecule has 2 aliphatic heterocycles. The minimum Gasteiger partial charge on any atom is -0.455 e. The van der Waals surface area contributed by atoms with Crippen molar-refractivity contribution in [3.63, 3.8) is 0 Å². The number of hydrogen-bond acceptors (Lipinski definition) is 3. The molecule has 0 fully saturated rings. The normalized spacial score (nSPS) is 17.7. The van der Waals surface area contributed by atoms with E-state index in [1.165, 1.54) is 131 Å². The van der Waals surface area contributed by atoms with Crippen molar-refractivity contribution in [2.24, 2.45) is 0 Å². The van der Waals surface area contributed by atoms with Crippen LogP contribution in [0.2, 0.25) is 0 Å². The lowest BCUT2D eigenvalue weighted by molar-refractivity contribution is 0.332. The molecule has 0 radical (unpaired) electrons. The summed E-state index contributed by atoms with van der Waals surface area (Å²) in [5.74, 6) is 0. The third-order valence-corrected chi connectivity index (χ3v) is 20.3. The van der Waals surface area contributed by atoms with Crippen molar-refractivity contribution in [1.29, 1.82) is 0 Å². The molecular formula is C70H65BN2OS. The minimum absolute atomic E-state index is 0.00210. The first-order chi connectivity index (χ1) is 35.8. The highest BCUT2D eigenvalue weighted by atomic mass is 32.1. The van der Waals surface area contributed by atoms with Crippen LogP contribution in [-0.2, 0) is 27.1 Å². The van der Waals surface area contributed by atoms with Crippen molar-refractivity contribution in [3.05, 3.63) is 173 Å². The quantitative estimate of drug-likeness (QED) is 0.165. The number of thiophene rings is 1. The molecule has 3 nitrogen and oxygen atoms in total. The Kier molecular flexibility index (Phi) is 9.10. The molecule has 5 heteroatoms. The zero-order chi connectivity index (χ0) is 51.5. The second-order valence-electron chi connectivity index (χ2n) is 26.5. The lowest BCUT2D eigenvalue weighted by atomic mass is 9.43. The summed E-state index contributed by atoms with van der Waals surface area (Å²) in [4.78, 5) is 4.07. The molecule has 2 aliphatic carbocycles. The van der Waals surface area contributed by atoms with E-state index >= 15 is 0 Å². The van der Waals surface area contributed by atoms with E-state index in [4.69, 9.17) is 4.42 Å². The molecular weight excluding hydrogens is 928 g/mol. The van der Waals surface area contributed by atoms with Crippen molar-refractivity contribution in [2.75, 3.05) is 4.81 Å². The number of hydrogen-bond donors (Lipinski definition) is 0. The van der Waals surface area contributed by atoms with Gasteiger partial charge in [-0.1, -0.05) is 167 Å². The van der Waals surface area contributed by atoms with E-state index in [-0.39, 0.29) is 33.9 Å². The van der Waals surface area contributed by atoms with E-state index in [0.29, 0.717) is 0 Å². The Labute approximate surface area is 446 Å². The van der Waals surface area contributed by atoms with Gasteiger partial charge >= 0.3 is 6.85 Å². The number of nitrogens with zero attached hydrogens (tertiary/aromatic N) is 2. The molecule has 0 saturated heterocycles. The topological polar surface area (TPSA) is 21.3 Å². The largest absolute Gasteiger partial charge is 0.455 e. The Morgan fingerprint density at radius 2 is 1.12 bits per heavy atom. The summed E-state index contributed by atoms with van der Waals surface area (Å²) in [5.41, 5.74) is 24.6. The Balaban J connectivity index is 1.19. The number of benzene rings is 8. The van der Waals surface area contributed by atoms with Crippen molar-refractivity contribution in [1.82, 2.24) is 4.57 Å². The van der Waals surface area contributed by atoms with Gasteiger partial charge in [-0.15, -0.1) is 11.3 Å². The average Bonchev–Trinajstić information content (AvgIpc) is 4.23. The van der Waals surface area contributed by atoms with Crippen LogP contribution in [0.3, 0.4) is 0 Å². The van der Waals surface area contributed by atoms with E-state index in [0.717, 1.165) is 36.8 Å². The lowest BCUT2D eigenvalue weighted by Crippen LogP contribution is -2.60. The third-order valence-electron chi connectivity index (χ3n) is 19.0. The summed E-state index contributed by atoms with van der Waals surface area (Å²) in [6.45, 7) is 26.6. The SMILES string of the molecule is CC(C)(C)c1ccc(N2B3c4cc5sc(-c6ccccc6)c(-c6ccccc6)c5cc4-n4c5cc6c(cc5c5c7c(oc8ccccc87)c(c3c54)-c3cc4c(cc32)C(C)(C)CCC4(C)C)C(C)(C)CCC6(C)C)cc1. The zero-order valence-electron chi connectivity index (χ0n) is 45.5. The lowest BCUT2D eigenvalue weighted by Gasteiger charge is -2.46. The molecule has 0 saturated carbocycles. The molecule has 4 aliphatic rings. The highest BCUT2D eigenvalue weighted by Gasteiger charge is 2.49. The summed E-state index contributed by atoms with van der Waals surface area (Å²) in [6, 6.07) is 56.5. The van der Waals surface area contributed by atoms with Crippen molar-refractivity contribution >= 4 is 94.3 Å². The molecule has 15 rings (SSSR count). The summed E-state index contributed by atoms with van der Waals surface area (Å²) in [5, 5.41) is 6.34. The van der Waals surface area contributed by atoms with Crippen molar-refractivity contribution in [2.45, 2.75) is 129 Å². The Morgan fingerprint density at radius 3 is 1.77 bits per heavy atom. The van der Waals surface area contributed by atoms with Crippen LogP contribution in [0.15, 0.2) is 150 Å². The fourth-order valence-corrected chi connectivity index (χ4v) is 15.8. The molecule has 11 aromatic rings. The predicted molar refractivity (Wildman–Crippen MR) is 323 cm³/mol. The van der Waals surface area contributed by atoms with Gasteiger partial charge in [0.15, 0.2) is 0 Å². The molecule has 5 heterocycles. The van der Waals surface area contributed by atoms with Gasteiger partial charge in [-0.05, 0) is 157 Å². The molecule has 0 bridgehead atoms. The predicted octanol–water partition coefficient (Wildman–Crippen LogP) is 18.5. The molecule has 75 heavy (non-hydrogen) atoms. The van der Waals surface area contributed by atoms with Gasteiger partial charge < -0.3 is 13.8 Å². The maximum Gasteiger partial charge on any atom is 0.333 e. The summed E-state index contributed by atoms with van der Waals surface area (Å²) in [7, 11) is 0. The molecule has 0 N–H and O–H groups in total. The summed E-state index contributed by atoms with van der Waals surface area (Å²) < 4.78 is 11.6. The molecule has 0 spiro atoms. The highest BCUT2D eigenvalue weighted by molar-refractivity contribution is 7.23. The number of para-hydroxylation sites is 1. The highest BCUT2D eigenvalue weighted by Crippen LogP contribution is 2.57. The second-order valence-corrected chi connectivity index (χ2v) is 27.6. The number of aromatic nitrogens is 1. The summed E-state index contributed by atoms with van der Waals surface area (Å²) in [6.07, 6.45) is 4.59. The monoisotopic (exact) mass is 992 g/mol. The van der Waals surface area contributed by atoms with E-state index < -0.39 is 0 Å². The van der Waals surface area contributed by atoms with Crippen molar-refractivity contribution < 1.29 is 4.42 Å². The van der Waals surface area contributed by atoms with Gasteiger partial charge in [0.1, 0.15) is 11.2 Å². The van der Waals surface area contributed by atoms with Crippen LogP contribution in [0.4, 0.5) is 11.4 Å².